The first kappa shape index (κ1) is 18.3. The monoisotopic (exact) mass is 360 g/mol. The van der Waals surface area contributed by atoms with Crippen molar-refractivity contribution in [2.75, 3.05) is 18.5 Å². The van der Waals surface area contributed by atoms with Gasteiger partial charge >= 0.3 is 6.18 Å². The van der Waals surface area contributed by atoms with Gasteiger partial charge in [-0.25, -0.2) is 4.98 Å². The van der Waals surface area contributed by atoms with Gasteiger partial charge in [0.15, 0.2) is 5.82 Å². The third-order valence-corrected chi connectivity index (χ3v) is 3.60. The fourth-order valence-electron chi connectivity index (χ4n) is 2.18. The average molecular weight is 361 g/mol. The molecule has 0 aliphatic heterocycles. The molecule has 2 aromatic rings. The van der Waals surface area contributed by atoms with Crippen molar-refractivity contribution in [2.45, 2.75) is 20.0 Å². The van der Waals surface area contributed by atoms with Gasteiger partial charge in [-0.15, -0.1) is 0 Å². The predicted octanol–water partition coefficient (Wildman–Crippen LogP) is 3.39. The summed E-state index contributed by atoms with van der Waals surface area (Å²) in [5, 5.41) is 3.90. The lowest BCUT2D eigenvalue weighted by Gasteiger charge is -2.22. The summed E-state index contributed by atoms with van der Waals surface area (Å²) >= 11 is 6.11. The van der Waals surface area contributed by atoms with Crippen LogP contribution in [0.2, 0.25) is 5.02 Å². The van der Waals surface area contributed by atoms with Crippen LogP contribution in [0.1, 0.15) is 19.4 Å². The Morgan fingerprint density at radius 3 is 2.46 bits per heavy atom. The first-order valence-electron chi connectivity index (χ1n) is 7.14. The molecule has 0 atom stereocenters. The molecule has 0 radical (unpaired) electrons. The first-order chi connectivity index (χ1) is 11.1. The number of pyridine rings is 1. The highest BCUT2D eigenvalue weighted by molar-refractivity contribution is 6.33. The van der Waals surface area contributed by atoms with Crippen molar-refractivity contribution in [1.82, 2.24) is 14.8 Å². The van der Waals surface area contributed by atoms with Gasteiger partial charge in [-0.3, -0.25) is 4.79 Å². The Balaban J connectivity index is 2.39. The molecule has 0 N–H and O–H groups in total. The maximum absolute atomic E-state index is 12.6. The second-order valence-electron chi connectivity index (χ2n) is 5.74. The molecule has 130 valence electrons. The molecule has 0 aliphatic rings. The number of hydrogen-bond donors (Lipinski definition) is 0. The highest BCUT2D eigenvalue weighted by atomic mass is 35.5. The average Bonchev–Trinajstić information content (AvgIpc) is 2.48. The Hall–Kier alpha value is -2.09. The Bertz CT molecular complexity index is 772. The number of rotatable bonds is 4. The van der Waals surface area contributed by atoms with E-state index in [9.17, 15) is 18.0 Å². The van der Waals surface area contributed by atoms with E-state index >= 15 is 0 Å². The van der Waals surface area contributed by atoms with Crippen LogP contribution in [0.25, 0.3) is 5.82 Å². The van der Waals surface area contributed by atoms with E-state index in [1.807, 2.05) is 13.8 Å². The summed E-state index contributed by atoms with van der Waals surface area (Å²) in [5.74, 6) is 0.318. The summed E-state index contributed by atoms with van der Waals surface area (Å²) in [6, 6.07) is 1.91. The quantitative estimate of drug-likeness (QED) is 0.838. The number of aromatic nitrogens is 3. The van der Waals surface area contributed by atoms with Crippen LogP contribution in [-0.4, -0.2) is 28.4 Å². The van der Waals surface area contributed by atoms with Crippen LogP contribution < -0.4 is 10.5 Å². The Kier molecular flexibility index (Phi) is 5.17. The molecule has 0 aliphatic carbocycles. The van der Waals surface area contributed by atoms with E-state index < -0.39 is 17.3 Å². The lowest BCUT2D eigenvalue weighted by molar-refractivity contribution is -0.137. The normalized spacial score (nSPS) is 11.8. The standard InChI is InChI=1S/C15H16ClF3N4O/c1-9(2)8-22(3)11-7-21-23(14(24)13(11)16)12-5-4-10(6-20-12)15(17,18)19/h4-7,9H,8H2,1-3H3. The van der Waals surface area contributed by atoms with Gasteiger partial charge in [0.05, 0.1) is 17.4 Å². The molecule has 0 fully saturated rings. The zero-order valence-corrected chi connectivity index (χ0v) is 14.1. The van der Waals surface area contributed by atoms with E-state index in [2.05, 4.69) is 10.1 Å². The highest BCUT2D eigenvalue weighted by Gasteiger charge is 2.30. The molecule has 0 amide bonds. The fraction of sp³-hybridized carbons (Fsp3) is 0.400. The van der Waals surface area contributed by atoms with Gasteiger partial charge in [-0.1, -0.05) is 25.4 Å². The smallest absolute Gasteiger partial charge is 0.372 e. The van der Waals surface area contributed by atoms with Gasteiger partial charge in [-0.2, -0.15) is 23.0 Å². The molecule has 0 unspecified atom stereocenters. The maximum atomic E-state index is 12.6. The van der Waals surface area contributed by atoms with Crippen LogP contribution in [0.3, 0.4) is 0 Å². The van der Waals surface area contributed by atoms with Gasteiger partial charge in [-0.05, 0) is 18.1 Å². The summed E-state index contributed by atoms with van der Waals surface area (Å²) in [5.41, 5.74) is -1.09. The predicted molar refractivity (Wildman–Crippen MR) is 85.7 cm³/mol. The minimum Gasteiger partial charge on any atom is -0.372 e. The SMILES string of the molecule is CC(C)CN(C)c1cnn(-c2ccc(C(F)(F)F)cn2)c(=O)c1Cl. The number of alkyl halides is 3. The van der Waals surface area contributed by atoms with Gasteiger partial charge < -0.3 is 4.90 Å². The molecule has 2 heterocycles. The molecular weight excluding hydrogens is 345 g/mol. The van der Waals surface area contributed by atoms with Gasteiger partial charge in [0.2, 0.25) is 0 Å². The minimum atomic E-state index is -4.50. The number of anilines is 1. The highest BCUT2D eigenvalue weighted by Crippen LogP contribution is 2.28. The van der Waals surface area contributed by atoms with Crippen molar-refractivity contribution in [2.24, 2.45) is 5.92 Å². The molecular formula is C15H16ClF3N4O. The van der Waals surface area contributed by atoms with Crippen LogP contribution in [0.4, 0.5) is 18.9 Å². The van der Waals surface area contributed by atoms with E-state index in [4.69, 9.17) is 11.6 Å². The Morgan fingerprint density at radius 1 is 1.29 bits per heavy atom. The van der Waals surface area contributed by atoms with Crippen LogP contribution >= 0.6 is 11.6 Å². The van der Waals surface area contributed by atoms with Crippen LogP contribution in [0.5, 0.6) is 0 Å². The van der Waals surface area contributed by atoms with Gasteiger partial charge in [0.1, 0.15) is 5.02 Å². The molecule has 2 aromatic heterocycles. The third kappa shape index (κ3) is 3.87. The molecule has 0 aromatic carbocycles. The van der Waals surface area contributed by atoms with Gasteiger partial charge in [0, 0.05) is 19.8 Å². The maximum Gasteiger partial charge on any atom is 0.417 e. The number of halogens is 4. The molecule has 9 heteroatoms. The van der Waals surface area contributed by atoms with Gasteiger partial charge in [0.25, 0.3) is 5.56 Å². The molecule has 0 saturated heterocycles. The summed E-state index contributed by atoms with van der Waals surface area (Å²) < 4.78 is 38.6. The fourth-order valence-corrected chi connectivity index (χ4v) is 2.45. The van der Waals surface area contributed by atoms with Crippen LogP contribution in [-0.2, 0) is 6.18 Å². The lowest BCUT2D eigenvalue weighted by Crippen LogP contribution is -2.28. The third-order valence-electron chi connectivity index (χ3n) is 3.24. The summed E-state index contributed by atoms with van der Waals surface area (Å²) in [6.07, 6.45) is -2.45. The van der Waals surface area contributed by atoms with E-state index in [-0.39, 0.29) is 10.8 Å². The molecule has 5 nitrogen and oxygen atoms in total. The van der Waals surface area contributed by atoms with Crippen molar-refractivity contribution in [3.63, 3.8) is 0 Å². The first-order valence-corrected chi connectivity index (χ1v) is 7.51. The van der Waals surface area contributed by atoms with E-state index in [1.54, 1.807) is 11.9 Å². The van der Waals surface area contributed by atoms with E-state index in [1.165, 1.54) is 6.20 Å². The Labute approximate surface area is 141 Å². The van der Waals surface area contributed by atoms with Crippen molar-refractivity contribution in [1.29, 1.82) is 0 Å². The number of hydrogen-bond acceptors (Lipinski definition) is 4. The molecule has 2 rings (SSSR count). The second-order valence-corrected chi connectivity index (χ2v) is 6.12. The summed E-state index contributed by atoms with van der Waals surface area (Å²) in [4.78, 5) is 17.8. The van der Waals surface area contributed by atoms with Crippen LogP contribution in [0, 0.1) is 5.92 Å². The van der Waals surface area contributed by atoms with E-state index in [0.717, 1.165) is 16.8 Å². The summed E-state index contributed by atoms with van der Waals surface area (Å²) in [7, 11) is 1.78. The largest absolute Gasteiger partial charge is 0.417 e. The van der Waals surface area contributed by atoms with Crippen molar-refractivity contribution < 1.29 is 13.2 Å². The zero-order chi connectivity index (χ0) is 18.1. The van der Waals surface area contributed by atoms with Crippen molar-refractivity contribution in [3.05, 3.63) is 45.5 Å². The Morgan fingerprint density at radius 2 is 1.96 bits per heavy atom. The molecule has 24 heavy (non-hydrogen) atoms. The van der Waals surface area contributed by atoms with Crippen LogP contribution in [0.15, 0.2) is 29.3 Å². The zero-order valence-electron chi connectivity index (χ0n) is 13.3. The minimum absolute atomic E-state index is 0.0343. The molecule has 0 spiro atoms. The molecule has 0 bridgehead atoms. The second kappa shape index (κ2) is 6.80. The lowest BCUT2D eigenvalue weighted by atomic mass is 10.2. The number of nitrogens with zero attached hydrogens (tertiary/aromatic N) is 4. The summed E-state index contributed by atoms with van der Waals surface area (Å²) in [6.45, 7) is 4.71. The topological polar surface area (TPSA) is 51.0 Å². The van der Waals surface area contributed by atoms with E-state index in [0.29, 0.717) is 24.3 Å². The van der Waals surface area contributed by atoms with Crippen molar-refractivity contribution in [3.8, 4) is 5.82 Å². The molecule has 0 saturated carbocycles. The van der Waals surface area contributed by atoms with Crippen molar-refractivity contribution >= 4 is 17.3 Å².